The fourth-order valence-electron chi connectivity index (χ4n) is 2.52. The number of primary amides is 1. The van der Waals surface area contributed by atoms with Crippen molar-refractivity contribution in [3.63, 3.8) is 0 Å². The Kier molecular flexibility index (Phi) is 7.12. The van der Waals surface area contributed by atoms with Gasteiger partial charge in [0.05, 0.1) is 16.8 Å². The number of carbonyl (C=O) groups is 3. The van der Waals surface area contributed by atoms with Gasteiger partial charge in [0.1, 0.15) is 5.75 Å². The highest BCUT2D eigenvalue weighted by molar-refractivity contribution is 7.12. The number of aromatic nitrogens is 1. The number of carbonyl (C=O) groups excluding carboxylic acids is 3. The lowest BCUT2D eigenvalue weighted by Crippen LogP contribution is -2.24. The fourth-order valence-corrected chi connectivity index (χ4v) is 3.16. The normalized spacial score (nSPS) is 10.3. The second kappa shape index (κ2) is 10.2. The summed E-state index contributed by atoms with van der Waals surface area (Å²) in [5.41, 5.74) is 6.12. The maximum atomic E-state index is 12.0. The average Bonchev–Trinajstić information content (AvgIpc) is 3.28. The SMILES string of the molecule is NC(=O)c1cccc(Oc2ccc(NC(=O)CCCNC(=O)c3cccs3)cn2)c1. The van der Waals surface area contributed by atoms with Crippen LogP contribution in [0.25, 0.3) is 0 Å². The van der Waals surface area contributed by atoms with E-state index in [1.54, 1.807) is 36.4 Å². The second-order valence-corrected chi connectivity index (χ2v) is 7.21. The van der Waals surface area contributed by atoms with Gasteiger partial charge >= 0.3 is 0 Å². The standard InChI is InChI=1S/C21H20N4O4S/c22-20(27)14-4-1-5-16(12-14)29-19-9-8-15(13-24-19)25-18(26)7-2-10-23-21(28)17-6-3-11-30-17/h1,3-6,8-9,11-13H,2,7,10H2,(H2,22,27)(H,23,28)(H,25,26). The van der Waals surface area contributed by atoms with E-state index in [-0.39, 0.29) is 18.2 Å². The van der Waals surface area contributed by atoms with E-state index in [4.69, 9.17) is 10.5 Å². The Morgan fingerprint density at radius 3 is 2.67 bits per heavy atom. The molecular formula is C21H20N4O4S. The molecule has 0 saturated carbocycles. The quantitative estimate of drug-likeness (QED) is 0.455. The van der Waals surface area contributed by atoms with Crippen LogP contribution in [0.4, 0.5) is 5.69 Å². The number of nitrogens with zero attached hydrogens (tertiary/aromatic N) is 1. The molecule has 2 aromatic heterocycles. The summed E-state index contributed by atoms with van der Waals surface area (Å²) in [6.45, 7) is 0.416. The lowest BCUT2D eigenvalue weighted by Gasteiger charge is -2.08. The lowest BCUT2D eigenvalue weighted by molar-refractivity contribution is -0.116. The van der Waals surface area contributed by atoms with E-state index in [0.29, 0.717) is 40.7 Å². The van der Waals surface area contributed by atoms with Crippen LogP contribution in [0.15, 0.2) is 60.1 Å². The third-order valence-corrected chi connectivity index (χ3v) is 4.84. The Balaban J connectivity index is 1.42. The number of nitrogens with two attached hydrogens (primary N) is 1. The first-order valence-corrected chi connectivity index (χ1v) is 10.0. The van der Waals surface area contributed by atoms with Gasteiger partial charge < -0.3 is 21.1 Å². The fraction of sp³-hybridized carbons (Fsp3) is 0.143. The second-order valence-electron chi connectivity index (χ2n) is 6.26. The Morgan fingerprint density at radius 1 is 1.10 bits per heavy atom. The minimum atomic E-state index is -0.544. The molecule has 8 nitrogen and oxygen atoms in total. The van der Waals surface area contributed by atoms with Crippen LogP contribution in [-0.2, 0) is 4.79 Å². The molecule has 0 aliphatic rings. The van der Waals surface area contributed by atoms with Crippen LogP contribution >= 0.6 is 11.3 Å². The first-order chi connectivity index (χ1) is 14.5. The third-order valence-electron chi connectivity index (χ3n) is 3.97. The van der Waals surface area contributed by atoms with Crippen molar-refractivity contribution >= 4 is 34.7 Å². The highest BCUT2D eigenvalue weighted by atomic mass is 32.1. The van der Waals surface area contributed by atoms with Crippen LogP contribution in [0.2, 0.25) is 0 Å². The molecule has 4 N–H and O–H groups in total. The molecule has 2 heterocycles. The Bertz CT molecular complexity index is 1020. The average molecular weight is 424 g/mol. The summed E-state index contributed by atoms with van der Waals surface area (Å²) in [5.74, 6) is -0.111. The van der Waals surface area contributed by atoms with Gasteiger partial charge in [-0.15, -0.1) is 11.3 Å². The zero-order valence-corrected chi connectivity index (χ0v) is 16.8. The van der Waals surface area contributed by atoms with Crippen LogP contribution in [-0.4, -0.2) is 29.3 Å². The van der Waals surface area contributed by atoms with Crippen LogP contribution in [0.1, 0.15) is 32.9 Å². The van der Waals surface area contributed by atoms with E-state index in [1.165, 1.54) is 23.6 Å². The predicted molar refractivity (Wildman–Crippen MR) is 114 cm³/mol. The molecule has 0 aliphatic carbocycles. The van der Waals surface area contributed by atoms with E-state index in [1.807, 2.05) is 11.4 Å². The Hall–Kier alpha value is -3.72. The molecule has 0 fully saturated rings. The largest absolute Gasteiger partial charge is 0.439 e. The van der Waals surface area contributed by atoms with Crippen molar-refractivity contribution in [3.8, 4) is 11.6 Å². The van der Waals surface area contributed by atoms with Crippen LogP contribution in [0.5, 0.6) is 11.6 Å². The third kappa shape index (κ3) is 6.14. The molecule has 0 aliphatic heterocycles. The summed E-state index contributed by atoms with van der Waals surface area (Å²) >= 11 is 1.37. The molecule has 0 unspecified atom stereocenters. The maximum absolute atomic E-state index is 12.0. The number of amides is 3. The van der Waals surface area contributed by atoms with Crippen molar-refractivity contribution in [1.82, 2.24) is 10.3 Å². The number of pyridine rings is 1. The molecule has 9 heteroatoms. The first kappa shape index (κ1) is 21.0. The van der Waals surface area contributed by atoms with E-state index in [2.05, 4.69) is 15.6 Å². The van der Waals surface area contributed by atoms with Gasteiger partial charge in [0.2, 0.25) is 17.7 Å². The zero-order chi connectivity index (χ0) is 21.3. The molecule has 154 valence electrons. The van der Waals surface area contributed by atoms with Crippen molar-refractivity contribution < 1.29 is 19.1 Å². The minimum absolute atomic E-state index is 0.133. The van der Waals surface area contributed by atoms with Gasteiger partial charge in [0.25, 0.3) is 5.91 Å². The molecule has 0 radical (unpaired) electrons. The number of nitrogens with one attached hydrogen (secondary N) is 2. The van der Waals surface area contributed by atoms with Gasteiger partial charge in [-0.3, -0.25) is 14.4 Å². The highest BCUT2D eigenvalue weighted by Gasteiger charge is 2.08. The van der Waals surface area contributed by atoms with Crippen LogP contribution in [0, 0.1) is 0 Å². The minimum Gasteiger partial charge on any atom is -0.439 e. The molecule has 3 rings (SSSR count). The molecule has 0 atom stereocenters. The number of anilines is 1. The van der Waals surface area contributed by atoms with Crippen molar-refractivity contribution in [2.45, 2.75) is 12.8 Å². The molecule has 3 aromatic rings. The number of ether oxygens (including phenoxy) is 1. The first-order valence-electron chi connectivity index (χ1n) is 9.16. The van der Waals surface area contributed by atoms with Gasteiger partial charge in [-0.1, -0.05) is 12.1 Å². The molecule has 1 aromatic carbocycles. The summed E-state index contributed by atoms with van der Waals surface area (Å²) in [6.07, 6.45) is 2.26. The van der Waals surface area contributed by atoms with E-state index in [9.17, 15) is 14.4 Å². The molecule has 0 spiro atoms. The van der Waals surface area contributed by atoms with Gasteiger partial charge in [-0.25, -0.2) is 4.98 Å². The smallest absolute Gasteiger partial charge is 0.261 e. The molecular weight excluding hydrogens is 404 g/mol. The van der Waals surface area contributed by atoms with Crippen molar-refractivity contribution in [2.24, 2.45) is 5.73 Å². The predicted octanol–water partition coefficient (Wildman–Crippen LogP) is 3.18. The molecule has 30 heavy (non-hydrogen) atoms. The number of hydrogen-bond acceptors (Lipinski definition) is 6. The highest BCUT2D eigenvalue weighted by Crippen LogP contribution is 2.21. The monoisotopic (exact) mass is 424 g/mol. The van der Waals surface area contributed by atoms with E-state index in [0.717, 1.165) is 0 Å². The molecule has 0 saturated heterocycles. The summed E-state index contributed by atoms with van der Waals surface area (Å²) < 4.78 is 5.59. The van der Waals surface area contributed by atoms with E-state index >= 15 is 0 Å². The van der Waals surface area contributed by atoms with Gasteiger partial charge in [-0.2, -0.15) is 0 Å². The number of thiophene rings is 1. The lowest BCUT2D eigenvalue weighted by atomic mass is 10.2. The van der Waals surface area contributed by atoms with E-state index < -0.39 is 5.91 Å². The van der Waals surface area contributed by atoms with Gasteiger partial charge in [-0.05, 0) is 42.1 Å². The van der Waals surface area contributed by atoms with Gasteiger partial charge in [0.15, 0.2) is 0 Å². The summed E-state index contributed by atoms with van der Waals surface area (Å²) in [7, 11) is 0. The van der Waals surface area contributed by atoms with Gasteiger partial charge in [0, 0.05) is 24.6 Å². The summed E-state index contributed by atoms with van der Waals surface area (Å²) in [4.78, 5) is 39.9. The number of rotatable bonds is 9. The van der Waals surface area contributed by atoms with Crippen molar-refractivity contribution in [1.29, 1.82) is 0 Å². The van der Waals surface area contributed by atoms with Crippen molar-refractivity contribution in [3.05, 3.63) is 70.5 Å². The Morgan fingerprint density at radius 2 is 1.97 bits per heavy atom. The topological polar surface area (TPSA) is 123 Å². The molecule has 3 amide bonds. The summed E-state index contributed by atoms with van der Waals surface area (Å²) in [6, 6.07) is 13.3. The zero-order valence-electron chi connectivity index (χ0n) is 16.0. The maximum Gasteiger partial charge on any atom is 0.261 e. The van der Waals surface area contributed by atoms with Crippen molar-refractivity contribution in [2.75, 3.05) is 11.9 Å². The summed E-state index contributed by atoms with van der Waals surface area (Å²) in [5, 5.41) is 7.36. The molecule has 0 bridgehead atoms. The van der Waals surface area contributed by atoms with Crippen LogP contribution < -0.4 is 21.1 Å². The van der Waals surface area contributed by atoms with Crippen LogP contribution in [0.3, 0.4) is 0 Å². The number of hydrogen-bond donors (Lipinski definition) is 3. The Labute approximate surface area is 177 Å². The number of benzene rings is 1.